The fourth-order valence-electron chi connectivity index (χ4n) is 1.74. The number of hydrogen-bond acceptors (Lipinski definition) is 3. The van der Waals surface area contributed by atoms with E-state index in [1.165, 1.54) is 0 Å². The van der Waals surface area contributed by atoms with E-state index in [4.69, 9.17) is 10.5 Å². The third-order valence-electron chi connectivity index (χ3n) is 2.64. The van der Waals surface area contributed by atoms with Crippen LogP contribution in [-0.4, -0.2) is 12.5 Å². The monoisotopic (exact) mass is 256 g/mol. The number of rotatable bonds is 4. The molecular weight excluding hydrogens is 240 g/mol. The van der Waals surface area contributed by atoms with Gasteiger partial charge >= 0.3 is 0 Å². The fourth-order valence-corrected chi connectivity index (χ4v) is 1.74. The largest absolute Gasteiger partial charge is 0.492 e. The number of carbonyl (C=O) groups excluding carboxylic acids is 1. The summed E-state index contributed by atoms with van der Waals surface area (Å²) in [6.07, 6.45) is 0. The lowest BCUT2D eigenvalue weighted by molar-refractivity contribution is 0.102. The summed E-state index contributed by atoms with van der Waals surface area (Å²) in [5.74, 6) is 0.401. The molecule has 98 valence electrons. The highest BCUT2D eigenvalue weighted by Crippen LogP contribution is 2.24. The van der Waals surface area contributed by atoms with Crippen LogP contribution < -0.4 is 15.8 Å². The Morgan fingerprint density at radius 1 is 1.16 bits per heavy atom. The Labute approximate surface area is 112 Å². The van der Waals surface area contributed by atoms with E-state index >= 15 is 0 Å². The van der Waals surface area contributed by atoms with E-state index < -0.39 is 0 Å². The van der Waals surface area contributed by atoms with Crippen LogP contribution in [0.2, 0.25) is 0 Å². The van der Waals surface area contributed by atoms with Gasteiger partial charge in [-0.25, -0.2) is 0 Å². The first-order chi connectivity index (χ1) is 9.22. The average Bonchev–Trinajstić information content (AvgIpc) is 2.41. The molecule has 0 unspecified atom stereocenters. The number of ether oxygens (including phenoxy) is 1. The molecule has 2 rings (SSSR count). The summed E-state index contributed by atoms with van der Waals surface area (Å²) in [5.41, 5.74) is 7.32. The van der Waals surface area contributed by atoms with E-state index in [9.17, 15) is 4.79 Å². The summed E-state index contributed by atoms with van der Waals surface area (Å²) in [7, 11) is 0. The molecule has 0 aliphatic carbocycles. The second-order valence-corrected chi connectivity index (χ2v) is 3.97. The number of nitrogen functional groups attached to an aromatic ring is 1. The van der Waals surface area contributed by atoms with Gasteiger partial charge in [0.1, 0.15) is 5.75 Å². The minimum atomic E-state index is -0.245. The van der Waals surface area contributed by atoms with E-state index in [0.717, 1.165) is 0 Å². The standard InChI is InChI=1S/C15H16N2O2/c1-2-19-14-10-6-5-9-13(14)17-15(18)11-7-3-4-8-12(11)16/h3-10H,2,16H2,1H3,(H,17,18). The highest BCUT2D eigenvalue weighted by molar-refractivity contribution is 6.08. The zero-order chi connectivity index (χ0) is 13.7. The molecule has 0 bridgehead atoms. The molecule has 0 fully saturated rings. The van der Waals surface area contributed by atoms with Crippen LogP contribution in [0.25, 0.3) is 0 Å². The smallest absolute Gasteiger partial charge is 0.257 e. The van der Waals surface area contributed by atoms with E-state index in [1.54, 1.807) is 30.3 Å². The lowest BCUT2D eigenvalue weighted by atomic mass is 10.1. The van der Waals surface area contributed by atoms with Crippen molar-refractivity contribution in [3.63, 3.8) is 0 Å². The number of para-hydroxylation sites is 3. The number of carbonyl (C=O) groups is 1. The van der Waals surface area contributed by atoms with Crippen molar-refractivity contribution >= 4 is 17.3 Å². The second kappa shape index (κ2) is 5.91. The van der Waals surface area contributed by atoms with Crippen molar-refractivity contribution in [2.24, 2.45) is 0 Å². The van der Waals surface area contributed by atoms with Crippen LogP contribution in [0.3, 0.4) is 0 Å². The predicted molar refractivity (Wildman–Crippen MR) is 76.4 cm³/mol. The van der Waals surface area contributed by atoms with E-state index in [1.807, 2.05) is 25.1 Å². The second-order valence-electron chi connectivity index (χ2n) is 3.97. The van der Waals surface area contributed by atoms with Crippen LogP contribution in [0.15, 0.2) is 48.5 Å². The van der Waals surface area contributed by atoms with Crippen LogP contribution >= 0.6 is 0 Å². The number of amides is 1. The molecule has 0 aliphatic heterocycles. The quantitative estimate of drug-likeness (QED) is 0.827. The molecule has 0 atom stereocenters. The van der Waals surface area contributed by atoms with Crippen molar-refractivity contribution in [1.29, 1.82) is 0 Å². The highest BCUT2D eigenvalue weighted by atomic mass is 16.5. The van der Waals surface area contributed by atoms with Gasteiger partial charge in [0, 0.05) is 5.69 Å². The molecular formula is C15H16N2O2. The molecule has 19 heavy (non-hydrogen) atoms. The number of hydrogen-bond donors (Lipinski definition) is 2. The van der Waals surface area contributed by atoms with Gasteiger partial charge in [0.25, 0.3) is 5.91 Å². The summed E-state index contributed by atoms with van der Waals surface area (Å²) in [4.78, 5) is 12.1. The lowest BCUT2D eigenvalue weighted by Crippen LogP contribution is -2.14. The van der Waals surface area contributed by atoms with Gasteiger partial charge in [-0.05, 0) is 31.2 Å². The zero-order valence-electron chi connectivity index (χ0n) is 10.7. The van der Waals surface area contributed by atoms with Crippen molar-refractivity contribution < 1.29 is 9.53 Å². The Kier molecular flexibility index (Phi) is 4.03. The predicted octanol–water partition coefficient (Wildman–Crippen LogP) is 2.92. The van der Waals surface area contributed by atoms with Gasteiger partial charge in [-0.15, -0.1) is 0 Å². The van der Waals surface area contributed by atoms with Gasteiger partial charge in [0.15, 0.2) is 0 Å². The molecule has 0 radical (unpaired) electrons. The molecule has 0 saturated heterocycles. The summed E-state index contributed by atoms with van der Waals surface area (Å²) in [5, 5.41) is 2.81. The first kappa shape index (κ1) is 13.0. The number of benzene rings is 2. The minimum Gasteiger partial charge on any atom is -0.492 e. The molecule has 0 heterocycles. The van der Waals surface area contributed by atoms with Crippen molar-refractivity contribution in [2.75, 3.05) is 17.7 Å². The summed E-state index contributed by atoms with van der Waals surface area (Å²) in [6, 6.07) is 14.3. The number of anilines is 2. The maximum Gasteiger partial charge on any atom is 0.257 e. The first-order valence-electron chi connectivity index (χ1n) is 6.10. The number of nitrogens with two attached hydrogens (primary N) is 1. The fraction of sp³-hybridized carbons (Fsp3) is 0.133. The maximum atomic E-state index is 12.1. The van der Waals surface area contributed by atoms with Gasteiger partial charge in [-0.1, -0.05) is 24.3 Å². The van der Waals surface area contributed by atoms with Crippen LogP contribution in [-0.2, 0) is 0 Å². The van der Waals surface area contributed by atoms with Gasteiger partial charge < -0.3 is 15.8 Å². The van der Waals surface area contributed by atoms with E-state index in [2.05, 4.69) is 5.32 Å². The van der Waals surface area contributed by atoms with Crippen LogP contribution in [0.4, 0.5) is 11.4 Å². The Hall–Kier alpha value is -2.49. The molecule has 0 aliphatic rings. The number of nitrogens with one attached hydrogen (secondary N) is 1. The topological polar surface area (TPSA) is 64.3 Å². The first-order valence-corrected chi connectivity index (χ1v) is 6.10. The molecule has 4 nitrogen and oxygen atoms in total. The summed E-state index contributed by atoms with van der Waals surface area (Å²) in [6.45, 7) is 2.44. The van der Waals surface area contributed by atoms with Gasteiger partial charge in [0.05, 0.1) is 17.9 Å². The Morgan fingerprint density at radius 3 is 2.58 bits per heavy atom. The third-order valence-corrected chi connectivity index (χ3v) is 2.64. The average molecular weight is 256 g/mol. The zero-order valence-corrected chi connectivity index (χ0v) is 10.7. The third kappa shape index (κ3) is 3.04. The van der Waals surface area contributed by atoms with Gasteiger partial charge in [-0.2, -0.15) is 0 Å². The van der Waals surface area contributed by atoms with E-state index in [0.29, 0.717) is 29.3 Å². The van der Waals surface area contributed by atoms with Crippen molar-refractivity contribution in [2.45, 2.75) is 6.92 Å². The lowest BCUT2D eigenvalue weighted by Gasteiger charge is -2.12. The van der Waals surface area contributed by atoms with Crippen LogP contribution in [0, 0.1) is 0 Å². The highest BCUT2D eigenvalue weighted by Gasteiger charge is 2.11. The Balaban J connectivity index is 2.22. The molecule has 2 aromatic carbocycles. The van der Waals surface area contributed by atoms with Crippen LogP contribution in [0.5, 0.6) is 5.75 Å². The van der Waals surface area contributed by atoms with Crippen molar-refractivity contribution in [1.82, 2.24) is 0 Å². The normalized spacial score (nSPS) is 9.95. The Bertz CT molecular complexity index is 582. The minimum absolute atomic E-state index is 0.245. The van der Waals surface area contributed by atoms with Crippen molar-refractivity contribution in [3.05, 3.63) is 54.1 Å². The van der Waals surface area contributed by atoms with Crippen molar-refractivity contribution in [3.8, 4) is 5.75 Å². The molecule has 4 heteroatoms. The molecule has 1 amide bonds. The van der Waals surface area contributed by atoms with E-state index in [-0.39, 0.29) is 5.91 Å². The molecule has 0 spiro atoms. The summed E-state index contributed by atoms with van der Waals surface area (Å²) < 4.78 is 5.46. The summed E-state index contributed by atoms with van der Waals surface area (Å²) >= 11 is 0. The Morgan fingerprint density at radius 2 is 1.84 bits per heavy atom. The van der Waals surface area contributed by atoms with Gasteiger partial charge in [-0.3, -0.25) is 4.79 Å². The SMILES string of the molecule is CCOc1ccccc1NC(=O)c1ccccc1N. The molecule has 3 N–H and O–H groups in total. The molecule has 0 saturated carbocycles. The van der Waals surface area contributed by atoms with Crippen LogP contribution in [0.1, 0.15) is 17.3 Å². The molecule has 2 aromatic rings. The molecule has 0 aromatic heterocycles. The maximum absolute atomic E-state index is 12.1. The van der Waals surface area contributed by atoms with Gasteiger partial charge in [0.2, 0.25) is 0 Å².